The van der Waals surface area contributed by atoms with Gasteiger partial charge in [0.2, 0.25) is 5.91 Å². The number of hydrogen-bond acceptors (Lipinski definition) is 4. The Morgan fingerprint density at radius 2 is 2.08 bits per heavy atom. The van der Waals surface area contributed by atoms with Crippen LogP contribution < -0.4 is 10.2 Å². The lowest BCUT2D eigenvalue weighted by Gasteiger charge is -2.27. The fourth-order valence-electron chi connectivity index (χ4n) is 3.01. The number of rotatable bonds is 5. The fraction of sp³-hybridized carbons (Fsp3) is 0.316. The molecule has 0 radical (unpaired) electrons. The second-order valence-electron chi connectivity index (χ2n) is 6.11. The highest BCUT2D eigenvalue weighted by Crippen LogP contribution is 2.25. The first-order valence-corrected chi connectivity index (χ1v) is 8.57. The number of nitrogens with zero attached hydrogens (tertiary/aromatic N) is 1. The molecule has 0 saturated carbocycles. The number of carbonyl (C=O) groups excluding carboxylic acids is 2. The zero-order valence-corrected chi connectivity index (χ0v) is 14.4. The van der Waals surface area contributed by atoms with Crippen molar-refractivity contribution in [1.82, 2.24) is 0 Å². The molecule has 7 heteroatoms. The lowest BCUT2D eigenvalue weighted by Crippen LogP contribution is -2.35. The number of nitrogens with one attached hydrogen (secondary N) is 1. The van der Waals surface area contributed by atoms with Crippen molar-refractivity contribution in [3.05, 3.63) is 47.4 Å². The number of anilines is 2. The van der Waals surface area contributed by atoms with Gasteiger partial charge in [-0.05, 0) is 31.0 Å². The van der Waals surface area contributed by atoms with Crippen LogP contribution in [0.5, 0.6) is 0 Å². The van der Waals surface area contributed by atoms with E-state index in [9.17, 15) is 14.4 Å². The van der Waals surface area contributed by atoms with Gasteiger partial charge in [0, 0.05) is 36.8 Å². The summed E-state index contributed by atoms with van der Waals surface area (Å²) in [6.07, 6.45) is 2.75. The van der Waals surface area contributed by atoms with E-state index < -0.39 is 11.9 Å². The van der Waals surface area contributed by atoms with E-state index in [1.807, 2.05) is 6.07 Å². The molecule has 0 atom stereocenters. The van der Waals surface area contributed by atoms with Gasteiger partial charge in [-0.3, -0.25) is 9.59 Å². The van der Waals surface area contributed by atoms with E-state index in [4.69, 9.17) is 9.52 Å². The third kappa shape index (κ3) is 3.61. The van der Waals surface area contributed by atoms with Gasteiger partial charge < -0.3 is 19.7 Å². The quantitative estimate of drug-likeness (QED) is 0.856. The molecule has 1 saturated heterocycles. The van der Waals surface area contributed by atoms with Gasteiger partial charge in [-0.1, -0.05) is 13.0 Å². The monoisotopic (exact) mass is 356 g/mol. The maximum Gasteiger partial charge on any atom is 0.339 e. The zero-order valence-electron chi connectivity index (χ0n) is 14.4. The van der Waals surface area contributed by atoms with Gasteiger partial charge in [-0.25, -0.2) is 4.79 Å². The average Bonchev–Trinajstić information content (AvgIpc) is 3.07. The van der Waals surface area contributed by atoms with Crippen LogP contribution in [0.25, 0.3) is 0 Å². The number of carbonyl (C=O) groups is 3. The minimum Gasteiger partial charge on any atom is -0.478 e. The predicted molar refractivity (Wildman–Crippen MR) is 95.6 cm³/mol. The van der Waals surface area contributed by atoms with Crippen LogP contribution in [0.15, 0.2) is 34.7 Å². The number of benzene rings is 1. The third-order valence-corrected chi connectivity index (χ3v) is 4.32. The van der Waals surface area contributed by atoms with Crippen molar-refractivity contribution in [1.29, 1.82) is 0 Å². The highest BCUT2D eigenvalue weighted by atomic mass is 16.4. The SMILES string of the molecule is CCc1oc(C(=O)Nc2cccc(N3CCCCC3=O)c2)cc1C(=O)O. The molecule has 7 nitrogen and oxygen atoms in total. The molecule has 136 valence electrons. The Hall–Kier alpha value is -3.09. The van der Waals surface area contributed by atoms with E-state index in [0.29, 0.717) is 25.1 Å². The van der Waals surface area contributed by atoms with E-state index in [-0.39, 0.29) is 23.0 Å². The van der Waals surface area contributed by atoms with Crippen LogP contribution in [0, 0.1) is 0 Å². The summed E-state index contributed by atoms with van der Waals surface area (Å²) < 4.78 is 5.37. The van der Waals surface area contributed by atoms with Crippen molar-refractivity contribution in [2.24, 2.45) is 0 Å². The molecule has 1 aromatic carbocycles. The molecule has 3 rings (SSSR count). The minimum atomic E-state index is -1.13. The molecule has 2 heterocycles. The lowest BCUT2D eigenvalue weighted by atomic mass is 10.1. The highest BCUT2D eigenvalue weighted by molar-refractivity contribution is 6.04. The summed E-state index contributed by atoms with van der Waals surface area (Å²) in [4.78, 5) is 37.4. The van der Waals surface area contributed by atoms with Gasteiger partial charge in [-0.2, -0.15) is 0 Å². The smallest absolute Gasteiger partial charge is 0.339 e. The Morgan fingerprint density at radius 3 is 2.73 bits per heavy atom. The zero-order chi connectivity index (χ0) is 18.7. The van der Waals surface area contributed by atoms with E-state index in [1.54, 1.807) is 30.0 Å². The topological polar surface area (TPSA) is 99.9 Å². The number of aryl methyl sites for hydroxylation is 1. The number of furan rings is 1. The molecular formula is C19H20N2O5. The van der Waals surface area contributed by atoms with Gasteiger partial charge >= 0.3 is 5.97 Å². The van der Waals surface area contributed by atoms with Crippen LogP contribution in [-0.2, 0) is 11.2 Å². The van der Waals surface area contributed by atoms with E-state index in [1.165, 1.54) is 6.07 Å². The first-order valence-electron chi connectivity index (χ1n) is 8.57. The number of carboxylic acid groups (broad SMARTS) is 1. The van der Waals surface area contributed by atoms with Crippen LogP contribution in [-0.4, -0.2) is 29.4 Å². The Balaban J connectivity index is 1.79. The molecule has 0 bridgehead atoms. The van der Waals surface area contributed by atoms with E-state index >= 15 is 0 Å². The number of hydrogen-bond donors (Lipinski definition) is 2. The molecule has 0 spiro atoms. The summed E-state index contributed by atoms with van der Waals surface area (Å²) in [5.41, 5.74) is 1.23. The van der Waals surface area contributed by atoms with Crippen molar-refractivity contribution >= 4 is 29.2 Å². The second-order valence-corrected chi connectivity index (χ2v) is 6.11. The second kappa shape index (κ2) is 7.43. The third-order valence-electron chi connectivity index (χ3n) is 4.32. The maximum atomic E-state index is 12.4. The molecule has 2 amide bonds. The van der Waals surface area contributed by atoms with Gasteiger partial charge in [0.05, 0.1) is 0 Å². The van der Waals surface area contributed by atoms with Crippen LogP contribution in [0.4, 0.5) is 11.4 Å². The normalized spacial score (nSPS) is 14.3. The van der Waals surface area contributed by atoms with Crippen molar-refractivity contribution in [3.63, 3.8) is 0 Å². The number of aromatic carboxylic acids is 1. The Labute approximate surface area is 150 Å². The summed E-state index contributed by atoms with van der Waals surface area (Å²) >= 11 is 0. The van der Waals surface area contributed by atoms with Gasteiger partial charge in [0.15, 0.2) is 5.76 Å². The molecule has 1 aliphatic heterocycles. The van der Waals surface area contributed by atoms with E-state index in [0.717, 1.165) is 18.5 Å². The molecule has 1 fully saturated rings. The van der Waals surface area contributed by atoms with Gasteiger partial charge in [0.1, 0.15) is 11.3 Å². The molecular weight excluding hydrogens is 336 g/mol. The minimum absolute atomic E-state index is 0.00897. The van der Waals surface area contributed by atoms with Crippen molar-refractivity contribution in [3.8, 4) is 0 Å². The summed E-state index contributed by atoms with van der Waals surface area (Å²) in [6, 6.07) is 8.24. The van der Waals surface area contributed by atoms with Crippen molar-refractivity contribution < 1.29 is 23.9 Å². The summed E-state index contributed by atoms with van der Waals surface area (Å²) in [6.45, 7) is 2.42. The first kappa shape index (κ1) is 17.7. The molecule has 0 unspecified atom stereocenters. The molecule has 2 aromatic rings. The molecule has 2 N–H and O–H groups in total. The number of piperidine rings is 1. The Kier molecular flexibility index (Phi) is 5.06. The number of carboxylic acids is 1. The standard InChI is InChI=1S/C19H20N2O5/c1-2-15-14(19(24)25)11-16(26-15)18(23)20-12-6-5-7-13(10-12)21-9-4-3-8-17(21)22/h5-7,10-11H,2-4,8-9H2,1H3,(H,20,23)(H,24,25). The van der Waals surface area contributed by atoms with Crippen LogP contribution >= 0.6 is 0 Å². The molecule has 1 aliphatic rings. The first-order chi connectivity index (χ1) is 12.5. The lowest BCUT2D eigenvalue weighted by molar-refractivity contribution is -0.119. The fourth-order valence-corrected chi connectivity index (χ4v) is 3.01. The van der Waals surface area contributed by atoms with Crippen molar-refractivity contribution in [2.45, 2.75) is 32.6 Å². The average molecular weight is 356 g/mol. The summed E-state index contributed by atoms with van der Waals surface area (Å²) in [5, 5.41) is 11.9. The largest absolute Gasteiger partial charge is 0.478 e. The van der Waals surface area contributed by atoms with Gasteiger partial charge in [-0.15, -0.1) is 0 Å². The molecule has 0 aliphatic carbocycles. The number of amides is 2. The Bertz CT molecular complexity index is 855. The predicted octanol–water partition coefficient (Wildman–Crippen LogP) is 3.31. The van der Waals surface area contributed by atoms with Crippen LogP contribution in [0.3, 0.4) is 0 Å². The molecule has 26 heavy (non-hydrogen) atoms. The van der Waals surface area contributed by atoms with Crippen LogP contribution in [0.1, 0.15) is 52.9 Å². The Morgan fingerprint density at radius 1 is 1.27 bits per heavy atom. The summed E-state index contributed by atoms with van der Waals surface area (Å²) in [7, 11) is 0. The van der Waals surface area contributed by atoms with E-state index in [2.05, 4.69) is 5.32 Å². The maximum absolute atomic E-state index is 12.4. The van der Waals surface area contributed by atoms with Crippen LogP contribution in [0.2, 0.25) is 0 Å². The van der Waals surface area contributed by atoms with Crippen molar-refractivity contribution in [2.75, 3.05) is 16.8 Å². The summed E-state index contributed by atoms with van der Waals surface area (Å²) in [5.74, 6) is -1.39. The highest BCUT2D eigenvalue weighted by Gasteiger charge is 2.22. The van der Waals surface area contributed by atoms with Gasteiger partial charge in [0.25, 0.3) is 5.91 Å². The molecule has 1 aromatic heterocycles.